The number of halogens is 1. The van der Waals surface area contributed by atoms with Gasteiger partial charge < -0.3 is 4.74 Å². The van der Waals surface area contributed by atoms with Crippen LogP contribution in [0.2, 0.25) is 5.02 Å². The fraction of sp³-hybridized carbons (Fsp3) is 0.333. The van der Waals surface area contributed by atoms with Crippen LogP contribution in [-0.2, 0) is 10.0 Å². The van der Waals surface area contributed by atoms with Gasteiger partial charge in [0.2, 0.25) is 10.0 Å². The standard InChI is InChI=1S/C15H16ClN3O3S/c16-13-6-1-2-7-14(13)23(20,21)19-10-3-5-12(11-19)22-15-17-8-4-9-18-15/h1-2,4,6-9,12H,3,5,10-11H2. The lowest BCUT2D eigenvalue weighted by Gasteiger charge is -2.31. The predicted molar refractivity (Wildman–Crippen MR) is 85.9 cm³/mol. The molecule has 1 aromatic heterocycles. The number of ether oxygens (including phenoxy) is 1. The van der Waals surface area contributed by atoms with Crippen molar-refractivity contribution in [3.63, 3.8) is 0 Å². The zero-order valence-corrected chi connectivity index (χ0v) is 13.9. The van der Waals surface area contributed by atoms with Crippen molar-refractivity contribution in [3.8, 4) is 6.01 Å². The Morgan fingerprint density at radius 3 is 2.65 bits per heavy atom. The molecule has 2 heterocycles. The minimum atomic E-state index is -3.64. The first-order valence-corrected chi connectivity index (χ1v) is 9.07. The van der Waals surface area contributed by atoms with Crippen molar-refractivity contribution >= 4 is 21.6 Å². The molecule has 23 heavy (non-hydrogen) atoms. The van der Waals surface area contributed by atoms with Crippen molar-refractivity contribution in [2.24, 2.45) is 0 Å². The van der Waals surface area contributed by atoms with Gasteiger partial charge in [-0.25, -0.2) is 18.4 Å². The molecule has 0 saturated carbocycles. The Morgan fingerprint density at radius 1 is 1.17 bits per heavy atom. The van der Waals surface area contributed by atoms with Crippen LogP contribution in [0.1, 0.15) is 12.8 Å². The smallest absolute Gasteiger partial charge is 0.316 e. The molecule has 2 aromatic rings. The summed E-state index contributed by atoms with van der Waals surface area (Å²) in [5.41, 5.74) is 0. The van der Waals surface area contributed by atoms with E-state index < -0.39 is 10.0 Å². The van der Waals surface area contributed by atoms with Crippen LogP contribution in [0.15, 0.2) is 47.6 Å². The molecule has 1 aromatic carbocycles. The number of sulfonamides is 1. The summed E-state index contributed by atoms with van der Waals surface area (Å²) >= 11 is 6.04. The molecule has 1 atom stereocenters. The van der Waals surface area contributed by atoms with Crippen molar-refractivity contribution in [1.29, 1.82) is 0 Å². The lowest BCUT2D eigenvalue weighted by molar-refractivity contribution is 0.119. The maximum Gasteiger partial charge on any atom is 0.316 e. The van der Waals surface area contributed by atoms with E-state index in [4.69, 9.17) is 16.3 Å². The Labute approximate surface area is 140 Å². The number of piperidine rings is 1. The molecule has 1 fully saturated rings. The molecule has 6 nitrogen and oxygen atoms in total. The predicted octanol–water partition coefficient (Wildman–Crippen LogP) is 2.36. The third-order valence-electron chi connectivity index (χ3n) is 3.61. The van der Waals surface area contributed by atoms with Gasteiger partial charge in [-0.3, -0.25) is 0 Å². The Kier molecular flexibility index (Phi) is 4.79. The number of rotatable bonds is 4. The second-order valence-electron chi connectivity index (χ2n) is 5.21. The molecular formula is C15H16ClN3O3S. The average Bonchev–Trinajstić information content (AvgIpc) is 2.56. The highest BCUT2D eigenvalue weighted by molar-refractivity contribution is 7.89. The lowest BCUT2D eigenvalue weighted by atomic mass is 10.1. The van der Waals surface area contributed by atoms with Gasteiger partial charge in [-0.05, 0) is 31.0 Å². The molecule has 3 rings (SSSR count). The highest BCUT2D eigenvalue weighted by Gasteiger charge is 2.32. The third kappa shape index (κ3) is 3.63. The van der Waals surface area contributed by atoms with Crippen molar-refractivity contribution in [2.45, 2.75) is 23.8 Å². The van der Waals surface area contributed by atoms with E-state index in [2.05, 4.69) is 9.97 Å². The molecule has 8 heteroatoms. The Morgan fingerprint density at radius 2 is 1.91 bits per heavy atom. The molecule has 0 aliphatic carbocycles. The summed E-state index contributed by atoms with van der Waals surface area (Å²) in [4.78, 5) is 8.14. The highest BCUT2D eigenvalue weighted by atomic mass is 35.5. The van der Waals surface area contributed by atoms with Crippen molar-refractivity contribution in [2.75, 3.05) is 13.1 Å². The number of aromatic nitrogens is 2. The zero-order chi connectivity index (χ0) is 16.3. The minimum Gasteiger partial charge on any atom is -0.459 e. The van der Waals surface area contributed by atoms with Gasteiger partial charge in [0.15, 0.2) is 0 Å². The highest BCUT2D eigenvalue weighted by Crippen LogP contribution is 2.27. The molecule has 1 saturated heterocycles. The molecule has 0 N–H and O–H groups in total. The Bertz CT molecular complexity index is 771. The van der Waals surface area contributed by atoms with E-state index in [1.54, 1.807) is 36.7 Å². The largest absolute Gasteiger partial charge is 0.459 e. The lowest BCUT2D eigenvalue weighted by Crippen LogP contribution is -2.44. The Balaban J connectivity index is 1.77. The Hall–Kier alpha value is -1.70. The van der Waals surface area contributed by atoms with Crippen LogP contribution in [0.5, 0.6) is 6.01 Å². The van der Waals surface area contributed by atoms with Crippen molar-refractivity contribution < 1.29 is 13.2 Å². The maximum atomic E-state index is 12.8. The van der Waals surface area contributed by atoms with Crippen LogP contribution in [0.3, 0.4) is 0 Å². The molecular weight excluding hydrogens is 338 g/mol. The van der Waals surface area contributed by atoms with E-state index >= 15 is 0 Å². The summed E-state index contributed by atoms with van der Waals surface area (Å²) in [6, 6.07) is 8.41. The van der Waals surface area contributed by atoms with Crippen LogP contribution in [0.4, 0.5) is 0 Å². The molecule has 0 radical (unpaired) electrons. The summed E-state index contributed by atoms with van der Waals surface area (Å²) in [7, 11) is -3.64. The first-order chi connectivity index (χ1) is 11.1. The second kappa shape index (κ2) is 6.82. The first-order valence-electron chi connectivity index (χ1n) is 7.26. The van der Waals surface area contributed by atoms with Crippen LogP contribution in [-0.4, -0.2) is 41.9 Å². The topological polar surface area (TPSA) is 72.4 Å². The monoisotopic (exact) mass is 353 g/mol. The number of benzene rings is 1. The summed E-state index contributed by atoms with van der Waals surface area (Å²) in [5.74, 6) is 0. The molecule has 0 amide bonds. The number of nitrogens with zero attached hydrogens (tertiary/aromatic N) is 3. The van der Waals surface area contributed by atoms with Crippen LogP contribution >= 0.6 is 11.6 Å². The van der Waals surface area contributed by atoms with Crippen molar-refractivity contribution in [1.82, 2.24) is 14.3 Å². The number of hydrogen-bond acceptors (Lipinski definition) is 5. The van der Waals surface area contributed by atoms with Gasteiger partial charge in [0.25, 0.3) is 0 Å². The molecule has 1 aliphatic heterocycles. The minimum absolute atomic E-state index is 0.123. The number of hydrogen-bond donors (Lipinski definition) is 0. The van der Waals surface area contributed by atoms with Crippen molar-refractivity contribution in [3.05, 3.63) is 47.7 Å². The van der Waals surface area contributed by atoms with Crippen LogP contribution in [0, 0.1) is 0 Å². The van der Waals surface area contributed by atoms with Crippen LogP contribution < -0.4 is 4.74 Å². The van der Waals surface area contributed by atoms with Gasteiger partial charge in [0.05, 0.1) is 11.6 Å². The normalized spacial score (nSPS) is 19.4. The maximum absolute atomic E-state index is 12.8. The molecule has 0 bridgehead atoms. The van der Waals surface area contributed by atoms with Gasteiger partial charge in [0.1, 0.15) is 11.0 Å². The van der Waals surface area contributed by atoms with E-state index in [-0.39, 0.29) is 28.6 Å². The fourth-order valence-corrected chi connectivity index (χ4v) is 4.51. The van der Waals surface area contributed by atoms with E-state index in [0.29, 0.717) is 13.0 Å². The third-order valence-corrected chi connectivity index (χ3v) is 5.97. The van der Waals surface area contributed by atoms with Gasteiger partial charge >= 0.3 is 6.01 Å². The molecule has 0 spiro atoms. The average molecular weight is 354 g/mol. The summed E-state index contributed by atoms with van der Waals surface area (Å²) in [5, 5.41) is 0.224. The molecule has 1 aliphatic rings. The van der Waals surface area contributed by atoms with Gasteiger partial charge in [-0.15, -0.1) is 0 Å². The fourth-order valence-electron chi connectivity index (χ4n) is 2.51. The summed E-state index contributed by atoms with van der Waals surface area (Å²) < 4.78 is 32.6. The molecule has 1 unspecified atom stereocenters. The van der Waals surface area contributed by atoms with E-state index in [0.717, 1.165) is 6.42 Å². The quantitative estimate of drug-likeness (QED) is 0.843. The van der Waals surface area contributed by atoms with Crippen LogP contribution in [0.25, 0.3) is 0 Å². The summed E-state index contributed by atoms with van der Waals surface area (Å²) in [6.07, 6.45) is 4.37. The second-order valence-corrected chi connectivity index (χ2v) is 7.52. The van der Waals surface area contributed by atoms with Gasteiger partial charge in [-0.1, -0.05) is 23.7 Å². The summed E-state index contributed by atoms with van der Waals surface area (Å²) in [6.45, 7) is 0.703. The first kappa shape index (κ1) is 16.2. The molecule has 122 valence electrons. The van der Waals surface area contributed by atoms with E-state index in [1.165, 1.54) is 10.4 Å². The van der Waals surface area contributed by atoms with Gasteiger partial charge in [-0.2, -0.15) is 4.31 Å². The van der Waals surface area contributed by atoms with E-state index in [1.807, 2.05) is 0 Å². The van der Waals surface area contributed by atoms with Gasteiger partial charge in [0, 0.05) is 18.9 Å². The zero-order valence-electron chi connectivity index (χ0n) is 12.3. The van der Waals surface area contributed by atoms with E-state index in [9.17, 15) is 8.42 Å². The SMILES string of the molecule is O=S(=O)(c1ccccc1Cl)N1CCCC(Oc2ncccn2)C1.